The zero-order chi connectivity index (χ0) is 15.2. The number of benzene rings is 1. The molecule has 0 radical (unpaired) electrons. The van der Waals surface area contributed by atoms with Crippen molar-refractivity contribution < 1.29 is 19.3 Å². The number of hydrogen-bond acceptors (Lipinski definition) is 5. The Morgan fingerprint density at radius 3 is 2.38 bits per heavy atom. The van der Waals surface area contributed by atoms with E-state index in [9.17, 15) is 5.11 Å². The Morgan fingerprint density at radius 2 is 1.81 bits per heavy atom. The maximum Gasteiger partial charge on any atom is 0.137 e. The molecular weight excluding hydrogens is 270 g/mol. The van der Waals surface area contributed by atoms with Crippen LogP contribution in [-0.4, -0.2) is 30.9 Å². The van der Waals surface area contributed by atoms with Crippen LogP contribution in [0.1, 0.15) is 24.2 Å². The lowest BCUT2D eigenvalue weighted by molar-refractivity contribution is 0.207. The third kappa shape index (κ3) is 3.25. The number of ether oxygens (including phenoxy) is 3. The molecule has 1 unspecified atom stereocenters. The zero-order valence-electron chi connectivity index (χ0n) is 12.4. The minimum atomic E-state index is -0.913. The molecule has 2 rings (SSSR count). The van der Waals surface area contributed by atoms with E-state index in [0.29, 0.717) is 35.0 Å². The second-order valence-corrected chi connectivity index (χ2v) is 4.37. The first kappa shape index (κ1) is 15.1. The Balaban J connectivity index is 2.44. The summed E-state index contributed by atoms with van der Waals surface area (Å²) in [6.45, 7) is 2.44. The van der Waals surface area contributed by atoms with Crippen molar-refractivity contribution in [3.63, 3.8) is 0 Å². The fourth-order valence-electron chi connectivity index (χ4n) is 2.15. The largest absolute Gasteiger partial charge is 0.496 e. The second kappa shape index (κ2) is 6.95. The van der Waals surface area contributed by atoms with E-state index >= 15 is 0 Å². The van der Waals surface area contributed by atoms with Gasteiger partial charge in [-0.1, -0.05) is 6.07 Å². The summed E-state index contributed by atoms with van der Waals surface area (Å²) in [7, 11) is 3.11. The van der Waals surface area contributed by atoms with Gasteiger partial charge in [0.25, 0.3) is 0 Å². The van der Waals surface area contributed by atoms with Crippen LogP contribution in [0.15, 0.2) is 36.7 Å². The van der Waals surface area contributed by atoms with Crippen LogP contribution < -0.4 is 14.2 Å². The minimum Gasteiger partial charge on any atom is -0.496 e. The second-order valence-electron chi connectivity index (χ2n) is 4.37. The van der Waals surface area contributed by atoms with Gasteiger partial charge in [0.15, 0.2) is 0 Å². The van der Waals surface area contributed by atoms with Crippen LogP contribution in [0.5, 0.6) is 17.2 Å². The van der Waals surface area contributed by atoms with Crippen molar-refractivity contribution in [3.8, 4) is 17.2 Å². The van der Waals surface area contributed by atoms with Gasteiger partial charge >= 0.3 is 0 Å². The first-order chi connectivity index (χ1) is 10.2. The van der Waals surface area contributed by atoms with Crippen molar-refractivity contribution in [2.75, 3.05) is 20.8 Å². The van der Waals surface area contributed by atoms with Gasteiger partial charge in [0.2, 0.25) is 0 Å². The quantitative estimate of drug-likeness (QED) is 0.885. The van der Waals surface area contributed by atoms with E-state index in [1.165, 1.54) is 0 Å². The van der Waals surface area contributed by atoms with E-state index < -0.39 is 6.10 Å². The molecule has 0 aliphatic heterocycles. The lowest BCUT2D eigenvalue weighted by Crippen LogP contribution is -2.06. The SMILES string of the molecule is CCOc1cncc(C(O)c2c(OC)cccc2OC)c1. The summed E-state index contributed by atoms with van der Waals surface area (Å²) in [6.07, 6.45) is 2.29. The Labute approximate surface area is 124 Å². The van der Waals surface area contributed by atoms with Crippen molar-refractivity contribution in [1.29, 1.82) is 0 Å². The molecule has 112 valence electrons. The molecule has 1 N–H and O–H groups in total. The molecular formula is C16H19NO4. The van der Waals surface area contributed by atoms with Gasteiger partial charge in [-0.2, -0.15) is 0 Å². The first-order valence-electron chi connectivity index (χ1n) is 6.68. The summed E-state index contributed by atoms with van der Waals surface area (Å²) in [4.78, 5) is 4.09. The maximum absolute atomic E-state index is 10.7. The topological polar surface area (TPSA) is 60.8 Å². The van der Waals surface area contributed by atoms with E-state index in [4.69, 9.17) is 14.2 Å². The molecule has 0 saturated heterocycles. The molecule has 5 heteroatoms. The van der Waals surface area contributed by atoms with Gasteiger partial charge in [0.1, 0.15) is 23.4 Å². The summed E-state index contributed by atoms with van der Waals surface area (Å²) in [6, 6.07) is 7.12. The third-order valence-electron chi connectivity index (χ3n) is 3.10. The van der Waals surface area contributed by atoms with Crippen LogP contribution in [0, 0.1) is 0 Å². The molecule has 0 spiro atoms. The van der Waals surface area contributed by atoms with Crippen molar-refractivity contribution in [2.24, 2.45) is 0 Å². The number of rotatable bonds is 6. The smallest absolute Gasteiger partial charge is 0.137 e. The summed E-state index contributed by atoms with van der Waals surface area (Å²) in [5.74, 6) is 1.73. The average molecular weight is 289 g/mol. The molecule has 0 saturated carbocycles. The maximum atomic E-state index is 10.7. The molecule has 1 atom stereocenters. The van der Waals surface area contributed by atoms with Crippen LogP contribution in [-0.2, 0) is 0 Å². The van der Waals surface area contributed by atoms with Crippen molar-refractivity contribution in [2.45, 2.75) is 13.0 Å². The van der Waals surface area contributed by atoms with E-state index in [1.54, 1.807) is 44.8 Å². The van der Waals surface area contributed by atoms with Crippen molar-refractivity contribution >= 4 is 0 Å². The van der Waals surface area contributed by atoms with Crippen LogP contribution in [0.4, 0.5) is 0 Å². The predicted molar refractivity (Wildman–Crippen MR) is 79.0 cm³/mol. The number of aliphatic hydroxyl groups excluding tert-OH is 1. The number of nitrogens with zero attached hydrogens (tertiary/aromatic N) is 1. The lowest BCUT2D eigenvalue weighted by Gasteiger charge is -2.18. The molecule has 0 aliphatic carbocycles. The van der Waals surface area contributed by atoms with Crippen LogP contribution in [0.2, 0.25) is 0 Å². The summed E-state index contributed by atoms with van der Waals surface area (Å²) >= 11 is 0. The molecule has 0 fully saturated rings. The highest BCUT2D eigenvalue weighted by Gasteiger charge is 2.21. The molecule has 0 bridgehead atoms. The third-order valence-corrected chi connectivity index (χ3v) is 3.10. The van der Waals surface area contributed by atoms with Gasteiger partial charge in [-0.05, 0) is 25.1 Å². The summed E-state index contributed by atoms with van der Waals surface area (Å²) in [5.41, 5.74) is 1.18. The van der Waals surface area contributed by atoms with Crippen LogP contribution in [0.3, 0.4) is 0 Å². The van der Waals surface area contributed by atoms with Gasteiger partial charge < -0.3 is 19.3 Å². The number of hydrogen-bond donors (Lipinski definition) is 1. The monoisotopic (exact) mass is 289 g/mol. The fourth-order valence-corrected chi connectivity index (χ4v) is 2.15. The molecule has 2 aromatic rings. The fraction of sp³-hybridized carbons (Fsp3) is 0.312. The Bertz CT molecular complexity index is 578. The standard InChI is InChI=1S/C16H19NO4/c1-4-21-12-8-11(9-17-10-12)16(18)15-13(19-2)6-5-7-14(15)20-3/h5-10,16,18H,4H2,1-3H3. The first-order valence-corrected chi connectivity index (χ1v) is 6.68. The number of pyridine rings is 1. The molecule has 1 aromatic carbocycles. The van der Waals surface area contributed by atoms with E-state index in [1.807, 2.05) is 13.0 Å². The van der Waals surface area contributed by atoms with Crippen LogP contribution >= 0.6 is 0 Å². The van der Waals surface area contributed by atoms with Gasteiger partial charge in [0, 0.05) is 11.8 Å². The average Bonchev–Trinajstić information content (AvgIpc) is 2.54. The van der Waals surface area contributed by atoms with Crippen LogP contribution in [0.25, 0.3) is 0 Å². The highest BCUT2D eigenvalue weighted by atomic mass is 16.5. The molecule has 1 heterocycles. The highest BCUT2D eigenvalue weighted by molar-refractivity contribution is 5.49. The van der Waals surface area contributed by atoms with Gasteiger partial charge in [-0.25, -0.2) is 0 Å². The molecule has 21 heavy (non-hydrogen) atoms. The number of aromatic nitrogens is 1. The van der Waals surface area contributed by atoms with E-state index in [0.717, 1.165) is 0 Å². The normalized spacial score (nSPS) is 11.8. The number of aliphatic hydroxyl groups is 1. The molecule has 1 aromatic heterocycles. The number of methoxy groups -OCH3 is 2. The zero-order valence-corrected chi connectivity index (χ0v) is 12.4. The van der Waals surface area contributed by atoms with Crippen molar-refractivity contribution in [1.82, 2.24) is 4.98 Å². The van der Waals surface area contributed by atoms with Gasteiger partial charge in [-0.3, -0.25) is 4.98 Å². The summed E-state index contributed by atoms with van der Waals surface area (Å²) in [5, 5.41) is 10.7. The summed E-state index contributed by atoms with van der Waals surface area (Å²) < 4.78 is 16.0. The van der Waals surface area contributed by atoms with E-state index in [2.05, 4.69) is 4.98 Å². The Kier molecular flexibility index (Phi) is 5.00. The molecule has 5 nitrogen and oxygen atoms in total. The Hall–Kier alpha value is -2.27. The van der Waals surface area contributed by atoms with Gasteiger partial charge in [-0.15, -0.1) is 0 Å². The predicted octanol–water partition coefficient (Wildman–Crippen LogP) is 2.58. The van der Waals surface area contributed by atoms with Crippen molar-refractivity contribution in [3.05, 3.63) is 47.8 Å². The molecule has 0 amide bonds. The molecule has 0 aliphatic rings. The van der Waals surface area contributed by atoms with E-state index in [-0.39, 0.29) is 0 Å². The van der Waals surface area contributed by atoms with Gasteiger partial charge in [0.05, 0.1) is 32.6 Å². The highest BCUT2D eigenvalue weighted by Crippen LogP contribution is 2.37. The minimum absolute atomic E-state index is 0.541. The Morgan fingerprint density at radius 1 is 1.14 bits per heavy atom. The lowest BCUT2D eigenvalue weighted by atomic mass is 10.0.